The molecule has 1 aromatic rings. The van der Waals surface area contributed by atoms with E-state index in [1.54, 1.807) is 17.8 Å². The van der Waals surface area contributed by atoms with Gasteiger partial charge in [0.2, 0.25) is 5.91 Å². The topological polar surface area (TPSA) is 66.4 Å². The summed E-state index contributed by atoms with van der Waals surface area (Å²) in [6.07, 6.45) is 1.99. The number of carboxylic acids is 1. The summed E-state index contributed by atoms with van der Waals surface area (Å²) in [6.45, 7) is 0. The molecule has 1 unspecified atom stereocenters. The summed E-state index contributed by atoms with van der Waals surface area (Å²) >= 11 is 2.75. The molecule has 1 amide bonds. The zero-order valence-corrected chi connectivity index (χ0v) is 10.1. The molecule has 86 valence electrons. The van der Waals surface area contributed by atoms with Crippen molar-refractivity contribution in [3.63, 3.8) is 0 Å². The van der Waals surface area contributed by atoms with Crippen LogP contribution in [0.4, 0.5) is 5.00 Å². The lowest BCUT2D eigenvalue weighted by atomic mass is 10.2. The molecule has 4 nitrogen and oxygen atoms in total. The van der Waals surface area contributed by atoms with Crippen molar-refractivity contribution in [1.82, 2.24) is 0 Å². The van der Waals surface area contributed by atoms with E-state index in [1.807, 2.05) is 0 Å². The van der Waals surface area contributed by atoms with E-state index in [0.29, 0.717) is 5.00 Å². The van der Waals surface area contributed by atoms with Gasteiger partial charge < -0.3 is 10.4 Å². The molecular weight excluding hydrogens is 246 g/mol. The van der Waals surface area contributed by atoms with Crippen molar-refractivity contribution in [2.45, 2.75) is 18.1 Å². The maximum atomic E-state index is 11.7. The van der Waals surface area contributed by atoms with E-state index < -0.39 is 5.97 Å². The Labute approximate surface area is 101 Å². The molecule has 16 heavy (non-hydrogen) atoms. The average Bonchev–Trinajstić information content (AvgIpc) is 2.87. The quantitative estimate of drug-likeness (QED) is 0.871. The second-order valence-electron chi connectivity index (χ2n) is 3.46. The lowest BCUT2D eigenvalue weighted by Crippen LogP contribution is -2.22. The highest BCUT2D eigenvalue weighted by Gasteiger charge is 2.23. The van der Waals surface area contributed by atoms with Gasteiger partial charge in [-0.15, -0.1) is 23.1 Å². The molecule has 2 rings (SSSR count). The van der Waals surface area contributed by atoms with Gasteiger partial charge in [0.05, 0.1) is 10.3 Å². The number of hydrogen-bond donors (Lipinski definition) is 2. The van der Waals surface area contributed by atoms with E-state index in [0.717, 1.165) is 29.9 Å². The first kappa shape index (κ1) is 11.5. The fraction of sp³-hybridized carbons (Fsp3) is 0.400. The summed E-state index contributed by atoms with van der Waals surface area (Å²) in [5.41, 5.74) is 0. The van der Waals surface area contributed by atoms with Gasteiger partial charge in [-0.1, -0.05) is 0 Å². The van der Waals surface area contributed by atoms with Crippen LogP contribution in [0.2, 0.25) is 0 Å². The monoisotopic (exact) mass is 257 g/mol. The first-order chi connectivity index (χ1) is 7.66. The first-order valence-corrected chi connectivity index (χ1v) is 6.79. The van der Waals surface area contributed by atoms with Crippen LogP contribution in [-0.4, -0.2) is 28.0 Å². The maximum Gasteiger partial charge on any atom is 0.345 e. The zero-order chi connectivity index (χ0) is 11.5. The summed E-state index contributed by atoms with van der Waals surface area (Å²) < 4.78 is 0. The number of aromatic carboxylic acids is 1. The molecule has 1 aliphatic rings. The summed E-state index contributed by atoms with van der Waals surface area (Å²) in [6, 6.07) is 3.13. The highest BCUT2D eigenvalue weighted by Crippen LogP contribution is 2.28. The Morgan fingerprint density at radius 2 is 2.25 bits per heavy atom. The first-order valence-electron chi connectivity index (χ1n) is 4.92. The molecule has 2 N–H and O–H groups in total. The van der Waals surface area contributed by atoms with Crippen molar-refractivity contribution < 1.29 is 14.7 Å². The van der Waals surface area contributed by atoms with Crippen LogP contribution >= 0.6 is 23.1 Å². The number of carbonyl (C=O) groups excluding carboxylic acids is 1. The molecule has 1 aliphatic heterocycles. The van der Waals surface area contributed by atoms with Gasteiger partial charge in [-0.3, -0.25) is 4.79 Å². The number of nitrogens with one attached hydrogen (secondary N) is 1. The molecule has 0 aliphatic carbocycles. The number of carbonyl (C=O) groups is 2. The third-order valence-electron chi connectivity index (χ3n) is 2.29. The van der Waals surface area contributed by atoms with Gasteiger partial charge in [-0.05, 0) is 30.7 Å². The SMILES string of the molecule is O=C(O)c1ccc(NC(=O)C2CCCS2)s1. The third-order valence-corrected chi connectivity index (χ3v) is 4.65. The predicted molar refractivity (Wildman–Crippen MR) is 65.4 cm³/mol. The van der Waals surface area contributed by atoms with E-state index >= 15 is 0 Å². The van der Waals surface area contributed by atoms with Crippen LogP contribution in [0.25, 0.3) is 0 Å². The predicted octanol–water partition coefficient (Wildman–Crippen LogP) is 2.28. The van der Waals surface area contributed by atoms with Gasteiger partial charge >= 0.3 is 5.97 Å². The number of carboxylic acid groups (broad SMARTS) is 1. The molecular formula is C10H11NO3S2. The van der Waals surface area contributed by atoms with Crippen molar-refractivity contribution in [3.05, 3.63) is 17.0 Å². The molecule has 2 heterocycles. The Bertz CT molecular complexity index is 410. The second-order valence-corrected chi connectivity index (χ2v) is 5.85. The Morgan fingerprint density at radius 1 is 1.44 bits per heavy atom. The number of thiophene rings is 1. The summed E-state index contributed by atoms with van der Waals surface area (Å²) in [5.74, 6) is 0.0603. The highest BCUT2D eigenvalue weighted by molar-refractivity contribution is 8.00. The molecule has 1 fully saturated rings. The standard InChI is InChI=1S/C10H11NO3S2/c12-9(6-2-1-5-15-6)11-8-4-3-7(16-8)10(13)14/h3-4,6H,1-2,5H2,(H,11,12)(H,13,14). The molecule has 0 spiro atoms. The molecule has 0 radical (unpaired) electrons. The minimum absolute atomic E-state index is 0.0127. The minimum atomic E-state index is -0.958. The fourth-order valence-electron chi connectivity index (χ4n) is 1.51. The van der Waals surface area contributed by atoms with Crippen molar-refractivity contribution in [2.24, 2.45) is 0 Å². The Kier molecular flexibility index (Phi) is 3.50. The molecule has 1 atom stereocenters. The van der Waals surface area contributed by atoms with Gasteiger partial charge in [-0.2, -0.15) is 0 Å². The van der Waals surface area contributed by atoms with Crippen LogP contribution in [0.1, 0.15) is 22.5 Å². The van der Waals surface area contributed by atoms with Crippen LogP contribution in [-0.2, 0) is 4.79 Å². The van der Waals surface area contributed by atoms with Crippen LogP contribution < -0.4 is 5.32 Å². The largest absolute Gasteiger partial charge is 0.477 e. The fourth-order valence-corrected chi connectivity index (χ4v) is 3.42. The minimum Gasteiger partial charge on any atom is -0.477 e. The van der Waals surface area contributed by atoms with Crippen molar-refractivity contribution >= 4 is 40.0 Å². The van der Waals surface area contributed by atoms with E-state index in [4.69, 9.17) is 5.11 Å². The number of thioether (sulfide) groups is 1. The Hall–Kier alpha value is -1.01. The maximum absolute atomic E-state index is 11.7. The van der Waals surface area contributed by atoms with Crippen LogP contribution in [0.5, 0.6) is 0 Å². The molecule has 0 aromatic carbocycles. The van der Waals surface area contributed by atoms with E-state index in [2.05, 4.69) is 5.32 Å². The van der Waals surface area contributed by atoms with E-state index in [9.17, 15) is 9.59 Å². The number of hydrogen-bond acceptors (Lipinski definition) is 4. The van der Waals surface area contributed by atoms with Crippen LogP contribution in [0.15, 0.2) is 12.1 Å². The van der Waals surface area contributed by atoms with Crippen molar-refractivity contribution in [3.8, 4) is 0 Å². The molecule has 6 heteroatoms. The normalized spacial score (nSPS) is 19.6. The Morgan fingerprint density at radius 3 is 2.81 bits per heavy atom. The van der Waals surface area contributed by atoms with Gasteiger partial charge in [0.1, 0.15) is 4.88 Å². The second kappa shape index (κ2) is 4.88. The zero-order valence-electron chi connectivity index (χ0n) is 8.43. The lowest BCUT2D eigenvalue weighted by Gasteiger charge is -2.07. The van der Waals surface area contributed by atoms with Gasteiger partial charge in [0.25, 0.3) is 0 Å². The number of anilines is 1. The Balaban J connectivity index is 1.97. The molecule has 0 saturated carbocycles. The molecule has 0 bridgehead atoms. The van der Waals surface area contributed by atoms with Gasteiger partial charge in [-0.25, -0.2) is 4.79 Å². The summed E-state index contributed by atoms with van der Waals surface area (Å²) in [7, 11) is 0. The van der Waals surface area contributed by atoms with Crippen LogP contribution in [0.3, 0.4) is 0 Å². The average molecular weight is 257 g/mol. The molecule has 1 aromatic heterocycles. The van der Waals surface area contributed by atoms with Crippen LogP contribution in [0, 0.1) is 0 Å². The number of amides is 1. The van der Waals surface area contributed by atoms with E-state index in [-0.39, 0.29) is 16.0 Å². The molecule has 1 saturated heterocycles. The highest BCUT2D eigenvalue weighted by atomic mass is 32.2. The van der Waals surface area contributed by atoms with Gasteiger partial charge in [0.15, 0.2) is 0 Å². The third kappa shape index (κ3) is 2.56. The summed E-state index contributed by atoms with van der Waals surface area (Å²) in [4.78, 5) is 22.6. The smallest absolute Gasteiger partial charge is 0.345 e. The van der Waals surface area contributed by atoms with Gasteiger partial charge in [0, 0.05) is 0 Å². The number of rotatable bonds is 3. The van der Waals surface area contributed by atoms with E-state index in [1.165, 1.54) is 6.07 Å². The van der Waals surface area contributed by atoms with Crippen molar-refractivity contribution in [1.29, 1.82) is 0 Å². The lowest BCUT2D eigenvalue weighted by molar-refractivity contribution is -0.115. The van der Waals surface area contributed by atoms with Crippen molar-refractivity contribution in [2.75, 3.05) is 11.1 Å². The summed E-state index contributed by atoms with van der Waals surface area (Å²) in [5, 5.41) is 12.1.